The van der Waals surface area contributed by atoms with Crippen LogP contribution in [0.5, 0.6) is 5.75 Å². The highest BCUT2D eigenvalue weighted by atomic mass is 32.2. The Labute approximate surface area is 176 Å². The summed E-state index contributed by atoms with van der Waals surface area (Å²) in [6.07, 6.45) is 2.38. The summed E-state index contributed by atoms with van der Waals surface area (Å²) < 4.78 is 32.4. The zero-order valence-electron chi connectivity index (χ0n) is 16.7. The van der Waals surface area contributed by atoms with Crippen molar-refractivity contribution in [2.24, 2.45) is 5.73 Å². The number of thioether (sulfide) groups is 1. The highest BCUT2D eigenvalue weighted by Crippen LogP contribution is 2.21. The molecule has 1 heterocycles. The van der Waals surface area contributed by atoms with Gasteiger partial charge in [0.1, 0.15) is 11.8 Å². The van der Waals surface area contributed by atoms with Gasteiger partial charge in [-0.05, 0) is 49.6 Å². The summed E-state index contributed by atoms with van der Waals surface area (Å²) in [5.74, 6) is 1.07. The fourth-order valence-electron chi connectivity index (χ4n) is 3.06. The number of hydrogen-bond donors (Lipinski definition) is 2. The highest BCUT2D eigenvalue weighted by molar-refractivity contribution is 7.98. The third-order valence-corrected chi connectivity index (χ3v) is 7.10. The van der Waals surface area contributed by atoms with Crippen molar-refractivity contribution in [1.82, 2.24) is 14.5 Å². The van der Waals surface area contributed by atoms with Crippen LogP contribution in [0, 0.1) is 0 Å². The average Bonchev–Trinajstić information content (AvgIpc) is 2.71. The molecule has 0 spiro atoms. The zero-order valence-corrected chi connectivity index (χ0v) is 18.3. The van der Waals surface area contributed by atoms with Crippen molar-refractivity contribution in [3.05, 3.63) is 24.3 Å². The molecule has 0 bridgehead atoms. The number of carbonyl (C=O) groups excluding carboxylic acids is 2. The third kappa shape index (κ3) is 6.25. The van der Waals surface area contributed by atoms with Crippen LogP contribution >= 0.6 is 11.8 Å². The lowest BCUT2D eigenvalue weighted by Gasteiger charge is -2.35. The van der Waals surface area contributed by atoms with Gasteiger partial charge in [-0.25, -0.2) is 13.2 Å². The van der Waals surface area contributed by atoms with Crippen LogP contribution < -0.4 is 15.8 Å². The Bertz CT molecular complexity index is 793. The molecule has 11 heteroatoms. The van der Waals surface area contributed by atoms with E-state index in [1.54, 1.807) is 28.8 Å². The van der Waals surface area contributed by atoms with Crippen molar-refractivity contribution < 1.29 is 22.7 Å². The number of primary amides is 1. The Kier molecular flexibility index (Phi) is 8.60. The van der Waals surface area contributed by atoms with Gasteiger partial charge in [0.2, 0.25) is 15.9 Å². The van der Waals surface area contributed by atoms with Crippen LogP contribution in [0.25, 0.3) is 0 Å². The van der Waals surface area contributed by atoms with E-state index in [2.05, 4.69) is 5.32 Å². The number of benzene rings is 1. The summed E-state index contributed by atoms with van der Waals surface area (Å²) in [5, 5.41) is 2.49. The number of ether oxygens (including phenoxy) is 1. The predicted molar refractivity (Wildman–Crippen MR) is 112 cm³/mol. The van der Waals surface area contributed by atoms with E-state index in [0.717, 1.165) is 0 Å². The quantitative estimate of drug-likeness (QED) is 0.578. The number of rotatable bonds is 9. The molecule has 2 rings (SSSR count). The number of nitrogens with one attached hydrogen (secondary N) is 1. The molecule has 1 aromatic rings. The number of nitrogens with zero attached hydrogens (tertiary/aromatic N) is 2. The molecule has 0 radical (unpaired) electrons. The van der Waals surface area contributed by atoms with E-state index in [-0.39, 0.29) is 37.0 Å². The molecule has 1 aromatic carbocycles. The molecule has 9 nitrogen and oxygen atoms in total. The molecule has 1 unspecified atom stereocenters. The van der Waals surface area contributed by atoms with Gasteiger partial charge >= 0.3 is 6.03 Å². The summed E-state index contributed by atoms with van der Waals surface area (Å²) >= 11 is 1.57. The second kappa shape index (κ2) is 10.7. The summed E-state index contributed by atoms with van der Waals surface area (Å²) in [4.78, 5) is 25.7. The van der Waals surface area contributed by atoms with Gasteiger partial charge in [0, 0.05) is 26.2 Å². The molecule has 1 aliphatic rings. The zero-order chi connectivity index (χ0) is 21.4. The summed E-state index contributed by atoms with van der Waals surface area (Å²) in [5.41, 5.74) is 5.18. The van der Waals surface area contributed by atoms with Gasteiger partial charge in [0.05, 0.1) is 11.5 Å². The number of carbonyl (C=O) groups is 2. The third-order valence-electron chi connectivity index (χ3n) is 4.55. The second-order valence-electron chi connectivity index (χ2n) is 6.48. The maximum Gasteiger partial charge on any atom is 0.312 e. The van der Waals surface area contributed by atoms with Crippen LogP contribution in [0.3, 0.4) is 0 Å². The standard InChI is InChI=1S/C18H28N4O5S2/c1-3-27-14-4-6-15(7-5-14)29(25,26)22-11-9-21(10-12-22)17(23)16(8-13-28-2)20-18(19)24/h4-7,16H,3,8-13H2,1-2H3,(H3,19,20,24). The number of piperazine rings is 1. The molecule has 1 saturated heterocycles. The number of hydrogen-bond acceptors (Lipinski definition) is 6. The maximum atomic E-state index is 12.9. The second-order valence-corrected chi connectivity index (χ2v) is 9.40. The molecular weight excluding hydrogens is 416 g/mol. The van der Waals surface area contributed by atoms with Gasteiger partial charge in [0.15, 0.2) is 0 Å². The average molecular weight is 445 g/mol. The summed E-state index contributed by atoms with van der Waals surface area (Å²) in [7, 11) is -3.65. The highest BCUT2D eigenvalue weighted by Gasteiger charge is 2.32. The first-order chi connectivity index (χ1) is 13.8. The Balaban J connectivity index is 2.00. The van der Waals surface area contributed by atoms with E-state index >= 15 is 0 Å². The summed E-state index contributed by atoms with van der Waals surface area (Å²) in [6, 6.07) is 4.85. The lowest BCUT2D eigenvalue weighted by Crippen LogP contribution is -2.56. The number of amides is 3. The van der Waals surface area contributed by atoms with E-state index in [1.807, 2.05) is 13.2 Å². The molecule has 0 saturated carbocycles. The smallest absolute Gasteiger partial charge is 0.312 e. The SMILES string of the molecule is CCOc1ccc(S(=O)(=O)N2CCN(C(=O)C(CCSC)NC(N)=O)CC2)cc1. The molecule has 1 fully saturated rings. The first-order valence-corrected chi connectivity index (χ1v) is 12.2. The topological polar surface area (TPSA) is 122 Å². The molecule has 29 heavy (non-hydrogen) atoms. The Morgan fingerprint density at radius 3 is 2.34 bits per heavy atom. The monoisotopic (exact) mass is 444 g/mol. The number of sulfonamides is 1. The minimum absolute atomic E-state index is 0.188. The summed E-state index contributed by atoms with van der Waals surface area (Å²) in [6.45, 7) is 3.25. The minimum atomic E-state index is -3.65. The van der Waals surface area contributed by atoms with E-state index in [0.29, 0.717) is 24.5 Å². The molecule has 162 valence electrons. The predicted octanol–water partition coefficient (Wildman–Crippen LogP) is 0.708. The van der Waals surface area contributed by atoms with E-state index in [4.69, 9.17) is 10.5 Å². The Hall–Kier alpha value is -1.98. The van der Waals surface area contributed by atoms with Crippen molar-refractivity contribution in [1.29, 1.82) is 0 Å². The lowest BCUT2D eigenvalue weighted by atomic mass is 10.2. The Morgan fingerprint density at radius 2 is 1.83 bits per heavy atom. The molecule has 3 amide bonds. The van der Waals surface area contributed by atoms with Gasteiger partial charge in [-0.15, -0.1) is 0 Å². The van der Waals surface area contributed by atoms with Gasteiger partial charge in [-0.1, -0.05) is 0 Å². The van der Waals surface area contributed by atoms with E-state index in [9.17, 15) is 18.0 Å². The van der Waals surface area contributed by atoms with Crippen molar-refractivity contribution in [2.75, 3.05) is 44.8 Å². The normalized spacial score (nSPS) is 16.3. The lowest BCUT2D eigenvalue weighted by molar-refractivity contribution is -0.134. The van der Waals surface area contributed by atoms with Crippen LogP contribution in [0.2, 0.25) is 0 Å². The van der Waals surface area contributed by atoms with Gasteiger partial charge in [0.25, 0.3) is 0 Å². The van der Waals surface area contributed by atoms with Gasteiger partial charge in [-0.2, -0.15) is 16.1 Å². The van der Waals surface area contributed by atoms with Crippen LogP contribution in [0.15, 0.2) is 29.2 Å². The Morgan fingerprint density at radius 1 is 1.21 bits per heavy atom. The van der Waals surface area contributed by atoms with Crippen LogP contribution in [0.4, 0.5) is 4.79 Å². The van der Waals surface area contributed by atoms with E-state index < -0.39 is 22.1 Å². The van der Waals surface area contributed by atoms with E-state index in [1.165, 1.54) is 16.4 Å². The largest absolute Gasteiger partial charge is 0.494 e. The number of urea groups is 1. The number of nitrogens with two attached hydrogens (primary N) is 1. The minimum Gasteiger partial charge on any atom is -0.494 e. The van der Waals surface area contributed by atoms with Crippen molar-refractivity contribution in [3.8, 4) is 5.75 Å². The first kappa shape index (κ1) is 23.3. The van der Waals surface area contributed by atoms with Crippen LogP contribution in [0.1, 0.15) is 13.3 Å². The van der Waals surface area contributed by atoms with Crippen molar-refractivity contribution in [3.63, 3.8) is 0 Å². The first-order valence-electron chi connectivity index (χ1n) is 9.36. The fraction of sp³-hybridized carbons (Fsp3) is 0.556. The van der Waals surface area contributed by atoms with Crippen LogP contribution in [-0.2, 0) is 14.8 Å². The van der Waals surface area contributed by atoms with Gasteiger partial charge in [-0.3, -0.25) is 4.79 Å². The fourth-order valence-corrected chi connectivity index (χ4v) is 4.95. The van der Waals surface area contributed by atoms with Crippen molar-refractivity contribution >= 4 is 33.7 Å². The molecule has 3 N–H and O–H groups in total. The molecular formula is C18H28N4O5S2. The van der Waals surface area contributed by atoms with Crippen molar-refractivity contribution in [2.45, 2.75) is 24.3 Å². The van der Waals surface area contributed by atoms with Crippen LogP contribution in [-0.4, -0.2) is 80.4 Å². The molecule has 0 aliphatic carbocycles. The molecule has 0 aromatic heterocycles. The maximum absolute atomic E-state index is 12.9. The van der Waals surface area contributed by atoms with Gasteiger partial charge < -0.3 is 20.7 Å². The molecule has 1 aliphatic heterocycles. The molecule has 1 atom stereocenters.